The highest BCUT2D eigenvalue weighted by Crippen LogP contribution is 2.24. The Morgan fingerprint density at radius 3 is 2.59 bits per heavy atom. The van der Waals surface area contributed by atoms with Crippen LogP contribution in [0, 0.1) is 13.8 Å². The third kappa shape index (κ3) is 4.62. The van der Waals surface area contributed by atoms with Gasteiger partial charge >= 0.3 is 0 Å². The first-order valence-electron chi connectivity index (χ1n) is 10.1. The minimum Gasteiger partial charge on any atom is -0.341 e. The van der Waals surface area contributed by atoms with E-state index >= 15 is 0 Å². The lowest BCUT2D eigenvalue weighted by Crippen LogP contribution is -2.36. The van der Waals surface area contributed by atoms with Crippen LogP contribution in [-0.2, 0) is 6.54 Å². The zero-order valence-electron chi connectivity index (χ0n) is 16.4. The fourth-order valence-electron chi connectivity index (χ4n) is 4.03. The average Bonchev–Trinajstić information content (AvgIpc) is 2.96. The Morgan fingerprint density at radius 2 is 1.81 bits per heavy atom. The quantitative estimate of drug-likeness (QED) is 0.870. The van der Waals surface area contributed by atoms with Crippen LogP contribution < -0.4 is 10.2 Å². The summed E-state index contributed by atoms with van der Waals surface area (Å²) in [4.78, 5) is 14.0. The number of hydrogen-bond acceptors (Lipinski definition) is 7. The highest BCUT2D eigenvalue weighted by Gasteiger charge is 2.23. The molecule has 0 saturated carbocycles. The number of rotatable bonds is 4. The Labute approximate surface area is 161 Å². The molecule has 2 saturated heterocycles. The number of aryl methyl sites for hydroxylation is 2. The summed E-state index contributed by atoms with van der Waals surface area (Å²) >= 11 is 0. The Kier molecular flexibility index (Phi) is 5.63. The molecule has 0 atom stereocenters. The van der Waals surface area contributed by atoms with Crippen LogP contribution in [0.3, 0.4) is 0 Å². The van der Waals surface area contributed by atoms with Gasteiger partial charge in [0.15, 0.2) is 0 Å². The highest BCUT2D eigenvalue weighted by atomic mass is 15.4. The second-order valence-corrected chi connectivity index (χ2v) is 7.74. The highest BCUT2D eigenvalue weighted by molar-refractivity contribution is 5.32. The molecule has 0 bridgehead atoms. The number of aromatic nitrogens is 5. The molecule has 2 aromatic heterocycles. The lowest BCUT2D eigenvalue weighted by molar-refractivity contribution is 0.281. The van der Waals surface area contributed by atoms with Gasteiger partial charge in [-0.1, -0.05) is 5.21 Å². The van der Waals surface area contributed by atoms with E-state index in [0.717, 1.165) is 81.7 Å². The van der Waals surface area contributed by atoms with Crippen LogP contribution in [0.4, 0.5) is 5.95 Å². The number of nitrogens with zero attached hydrogens (tertiary/aromatic N) is 7. The maximum absolute atomic E-state index is 4.60. The summed E-state index contributed by atoms with van der Waals surface area (Å²) in [5.41, 5.74) is 3.14. The predicted molar refractivity (Wildman–Crippen MR) is 105 cm³/mol. The van der Waals surface area contributed by atoms with Crippen LogP contribution in [0.15, 0.2) is 12.3 Å². The zero-order chi connectivity index (χ0) is 18.6. The first-order chi connectivity index (χ1) is 13.2. The second kappa shape index (κ2) is 8.31. The van der Waals surface area contributed by atoms with Crippen LogP contribution >= 0.6 is 0 Å². The van der Waals surface area contributed by atoms with Gasteiger partial charge in [0.1, 0.15) is 0 Å². The topological polar surface area (TPSA) is 75.0 Å². The van der Waals surface area contributed by atoms with Gasteiger partial charge in [0.05, 0.1) is 17.9 Å². The number of anilines is 1. The first-order valence-corrected chi connectivity index (χ1v) is 10.1. The Bertz CT molecular complexity index is 722. The van der Waals surface area contributed by atoms with Crippen molar-refractivity contribution in [1.29, 1.82) is 0 Å². The summed E-state index contributed by atoms with van der Waals surface area (Å²) in [5.74, 6) is 0.861. The van der Waals surface area contributed by atoms with Crippen molar-refractivity contribution in [1.82, 2.24) is 35.2 Å². The molecule has 8 heteroatoms. The summed E-state index contributed by atoms with van der Waals surface area (Å²) in [5, 5.41) is 12.3. The molecule has 2 aliphatic rings. The predicted octanol–water partition coefficient (Wildman–Crippen LogP) is 1.32. The standard InChI is InChI=1S/C19H30N8/c1-15-12-16(2)22-19(21-15)26-9-4-18(5-10-26)27-14-17(23-24-27)13-25-8-3-6-20-7-11-25/h12,14,18,20H,3-11,13H2,1-2H3. The summed E-state index contributed by atoms with van der Waals surface area (Å²) in [7, 11) is 0. The summed E-state index contributed by atoms with van der Waals surface area (Å²) in [6.45, 7) is 11.3. The van der Waals surface area contributed by atoms with Gasteiger partial charge < -0.3 is 10.2 Å². The Morgan fingerprint density at radius 1 is 1.04 bits per heavy atom. The third-order valence-electron chi connectivity index (χ3n) is 5.47. The summed E-state index contributed by atoms with van der Waals surface area (Å²) in [6, 6.07) is 2.44. The van der Waals surface area contributed by atoms with Crippen LogP contribution in [0.1, 0.15) is 42.4 Å². The van der Waals surface area contributed by atoms with Crippen LogP contribution in [0.25, 0.3) is 0 Å². The molecule has 0 spiro atoms. The first kappa shape index (κ1) is 18.3. The minimum absolute atomic E-state index is 0.416. The number of hydrogen-bond donors (Lipinski definition) is 1. The van der Waals surface area contributed by atoms with Crippen molar-refractivity contribution in [3.8, 4) is 0 Å². The fourth-order valence-corrected chi connectivity index (χ4v) is 4.03. The van der Waals surface area contributed by atoms with Crippen molar-refractivity contribution in [2.24, 2.45) is 0 Å². The van der Waals surface area contributed by atoms with Crippen LogP contribution in [0.5, 0.6) is 0 Å². The largest absolute Gasteiger partial charge is 0.341 e. The van der Waals surface area contributed by atoms with E-state index < -0.39 is 0 Å². The van der Waals surface area contributed by atoms with Gasteiger partial charge in [0.2, 0.25) is 5.95 Å². The van der Waals surface area contributed by atoms with Crippen molar-refractivity contribution in [3.63, 3.8) is 0 Å². The molecule has 27 heavy (non-hydrogen) atoms. The smallest absolute Gasteiger partial charge is 0.225 e. The summed E-state index contributed by atoms with van der Waals surface area (Å²) in [6.07, 6.45) is 5.44. The lowest BCUT2D eigenvalue weighted by atomic mass is 10.1. The van der Waals surface area contributed by atoms with E-state index in [2.05, 4.69) is 46.3 Å². The molecule has 2 aromatic rings. The summed E-state index contributed by atoms with van der Waals surface area (Å²) < 4.78 is 2.07. The maximum Gasteiger partial charge on any atom is 0.225 e. The fraction of sp³-hybridized carbons (Fsp3) is 0.684. The molecule has 4 rings (SSSR count). The van der Waals surface area contributed by atoms with E-state index in [4.69, 9.17) is 0 Å². The molecule has 0 amide bonds. The van der Waals surface area contributed by atoms with E-state index in [0.29, 0.717) is 6.04 Å². The van der Waals surface area contributed by atoms with E-state index in [9.17, 15) is 0 Å². The van der Waals surface area contributed by atoms with E-state index in [1.165, 1.54) is 6.42 Å². The number of nitrogens with one attached hydrogen (secondary N) is 1. The Balaban J connectivity index is 1.33. The average molecular weight is 371 g/mol. The van der Waals surface area contributed by atoms with Crippen LogP contribution in [0.2, 0.25) is 0 Å². The Hall–Kier alpha value is -2.06. The van der Waals surface area contributed by atoms with Crippen molar-refractivity contribution >= 4 is 5.95 Å². The van der Waals surface area contributed by atoms with Gasteiger partial charge in [-0.3, -0.25) is 4.90 Å². The molecule has 4 heterocycles. The van der Waals surface area contributed by atoms with Crippen molar-refractivity contribution in [3.05, 3.63) is 29.3 Å². The molecule has 0 radical (unpaired) electrons. The van der Waals surface area contributed by atoms with Gasteiger partial charge in [0.25, 0.3) is 0 Å². The van der Waals surface area contributed by atoms with Gasteiger partial charge in [-0.25, -0.2) is 14.6 Å². The second-order valence-electron chi connectivity index (χ2n) is 7.74. The normalized spacial score (nSPS) is 20.0. The molecule has 0 unspecified atom stereocenters. The maximum atomic E-state index is 4.60. The lowest BCUT2D eigenvalue weighted by Gasteiger charge is -2.32. The van der Waals surface area contributed by atoms with Gasteiger partial charge in [0, 0.05) is 44.1 Å². The van der Waals surface area contributed by atoms with Gasteiger partial charge in [-0.2, -0.15) is 0 Å². The minimum atomic E-state index is 0.416. The van der Waals surface area contributed by atoms with E-state index in [1.807, 2.05) is 19.9 Å². The van der Waals surface area contributed by atoms with Crippen molar-refractivity contribution in [2.45, 2.75) is 45.7 Å². The molecule has 8 nitrogen and oxygen atoms in total. The van der Waals surface area contributed by atoms with Gasteiger partial charge in [-0.05, 0) is 52.3 Å². The molecular formula is C19H30N8. The van der Waals surface area contributed by atoms with Crippen molar-refractivity contribution in [2.75, 3.05) is 44.2 Å². The van der Waals surface area contributed by atoms with Crippen LogP contribution in [-0.4, -0.2) is 69.1 Å². The SMILES string of the molecule is Cc1cc(C)nc(N2CCC(n3cc(CN4CCCNCC4)nn3)CC2)n1. The molecule has 146 valence electrons. The monoisotopic (exact) mass is 370 g/mol. The third-order valence-corrected chi connectivity index (χ3v) is 5.47. The van der Waals surface area contributed by atoms with Crippen molar-refractivity contribution < 1.29 is 0 Å². The molecule has 0 aliphatic carbocycles. The molecular weight excluding hydrogens is 340 g/mol. The zero-order valence-corrected chi connectivity index (χ0v) is 16.4. The van der Waals surface area contributed by atoms with E-state index in [-0.39, 0.29) is 0 Å². The number of piperidine rings is 1. The molecule has 1 N–H and O–H groups in total. The molecule has 2 fully saturated rings. The molecule has 0 aromatic carbocycles. The molecule has 2 aliphatic heterocycles. The van der Waals surface area contributed by atoms with E-state index in [1.54, 1.807) is 0 Å². The van der Waals surface area contributed by atoms with Gasteiger partial charge in [-0.15, -0.1) is 5.10 Å².